The first-order chi connectivity index (χ1) is 4.16. The molecule has 0 fully saturated rings. The van der Waals surface area contributed by atoms with Crippen molar-refractivity contribution in [3.05, 3.63) is 23.3 Å². The minimum absolute atomic E-state index is 0.760. The van der Waals surface area contributed by atoms with Crippen LogP contribution >= 0.6 is 0 Å². The van der Waals surface area contributed by atoms with Crippen LogP contribution in [0, 0.1) is 0 Å². The van der Waals surface area contributed by atoms with Gasteiger partial charge in [0.1, 0.15) is 6.29 Å². The molecule has 0 aliphatic heterocycles. The van der Waals surface area contributed by atoms with E-state index >= 15 is 0 Å². The van der Waals surface area contributed by atoms with Gasteiger partial charge in [0.15, 0.2) is 0 Å². The van der Waals surface area contributed by atoms with E-state index in [-0.39, 0.29) is 0 Å². The summed E-state index contributed by atoms with van der Waals surface area (Å²) in [6.07, 6.45) is 4.57. The van der Waals surface area contributed by atoms with Gasteiger partial charge in [-0.1, -0.05) is 17.7 Å². The normalized spacial score (nSPS) is 10.8. The molecule has 0 atom stereocenters. The maximum absolute atomic E-state index is 10.0. The molecule has 0 amide bonds. The van der Waals surface area contributed by atoms with Crippen LogP contribution < -0.4 is 0 Å². The number of carbonyl (C=O) groups is 1. The van der Waals surface area contributed by atoms with E-state index in [1.54, 1.807) is 6.92 Å². The Morgan fingerprint density at radius 3 is 2.00 bits per heavy atom. The van der Waals surface area contributed by atoms with Crippen LogP contribution in [-0.2, 0) is 4.79 Å². The summed E-state index contributed by atoms with van der Waals surface area (Å²) in [5, 5.41) is 0. The third-order valence-electron chi connectivity index (χ3n) is 0.865. The van der Waals surface area contributed by atoms with Crippen LogP contribution in [0.2, 0.25) is 0 Å². The molecule has 50 valence electrons. The van der Waals surface area contributed by atoms with E-state index in [2.05, 4.69) is 0 Å². The average molecular weight is 124 g/mol. The molecule has 0 saturated carbocycles. The first-order valence-corrected chi connectivity index (χ1v) is 2.94. The van der Waals surface area contributed by atoms with Gasteiger partial charge in [-0.3, -0.25) is 4.79 Å². The quantitative estimate of drug-likeness (QED) is 0.313. The first-order valence-electron chi connectivity index (χ1n) is 2.94. The first kappa shape index (κ1) is 8.15. The van der Waals surface area contributed by atoms with Gasteiger partial charge in [-0.2, -0.15) is 0 Å². The van der Waals surface area contributed by atoms with E-state index < -0.39 is 0 Å². The topological polar surface area (TPSA) is 17.1 Å². The zero-order valence-electron chi connectivity index (χ0n) is 6.14. The Balaban J connectivity index is 3.98. The van der Waals surface area contributed by atoms with Crippen LogP contribution in [0.1, 0.15) is 20.8 Å². The Morgan fingerprint density at radius 2 is 1.67 bits per heavy atom. The van der Waals surface area contributed by atoms with Crippen LogP contribution in [0.5, 0.6) is 0 Å². The van der Waals surface area contributed by atoms with E-state index in [1.807, 2.05) is 26.0 Å². The van der Waals surface area contributed by atoms with Crippen molar-refractivity contribution in [3.63, 3.8) is 0 Å². The highest BCUT2D eigenvalue weighted by Gasteiger charge is 1.78. The van der Waals surface area contributed by atoms with Crippen molar-refractivity contribution in [2.45, 2.75) is 20.8 Å². The Kier molecular flexibility index (Phi) is 3.69. The Labute approximate surface area is 56.1 Å². The molecule has 0 aromatic heterocycles. The summed E-state index contributed by atoms with van der Waals surface area (Å²) in [5.74, 6) is 0. The summed E-state index contributed by atoms with van der Waals surface area (Å²) in [4.78, 5) is 10.0. The standard InChI is InChI=1S/C8H12O/c1-7(2)4-5-8(3)6-9/h4-6H,1-3H3/b8-5+. The van der Waals surface area contributed by atoms with Crippen LogP contribution in [-0.4, -0.2) is 6.29 Å². The number of rotatable bonds is 2. The molecule has 0 aromatic rings. The fourth-order valence-electron chi connectivity index (χ4n) is 0.337. The lowest BCUT2D eigenvalue weighted by atomic mass is 10.2. The van der Waals surface area contributed by atoms with Crippen molar-refractivity contribution in [2.24, 2.45) is 0 Å². The summed E-state index contributed by atoms with van der Waals surface area (Å²) in [6, 6.07) is 0. The van der Waals surface area contributed by atoms with Gasteiger partial charge in [0.05, 0.1) is 0 Å². The SMILES string of the molecule is CC(C)=C/C=C(\C)C=O. The van der Waals surface area contributed by atoms with Crippen LogP contribution in [0.3, 0.4) is 0 Å². The highest BCUT2D eigenvalue weighted by atomic mass is 16.1. The largest absolute Gasteiger partial charge is 0.298 e. The minimum Gasteiger partial charge on any atom is -0.298 e. The molecule has 0 spiro atoms. The van der Waals surface area contributed by atoms with Crippen LogP contribution in [0.4, 0.5) is 0 Å². The fourth-order valence-corrected chi connectivity index (χ4v) is 0.337. The number of hydrogen-bond acceptors (Lipinski definition) is 1. The van der Waals surface area contributed by atoms with Crippen molar-refractivity contribution in [2.75, 3.05) is 0 Å². The number of hydrogen-bond donors (Lipinski definition) is 0. The molecule has 0 rings (SSSR count). The van der Waals surface area contributed by atoms with E-state index in [4.69, 9.17) is 0 Å². The smallest absolute Gasteiger partial charge is 0.145 e. The van der Waals surface area contributed by atoms with Gasteiger partial charge < -0.3 is 0 Å². The molecule has 0 saturated heterocycles. The molecule has 0 unspecified atom stereocenters. The predicted molar refractivity (Wildman–Crippen MR) is 39.3 cm³/mol. The van der Waals surface area contributed by atoms with Gasteiger partial charge in [-0.25, -0.2) is 0 Å². The third kappa shape index (κ3) is 5.01. The number of carbonyl (C=O) groups excluding carboxylic acids is 1. The summed E-state index contributed by atoms with van der Waals surface area (Å²) < 4.78 is 0. The zero-order chi connectivity index (χ0) is 7.28. The van der Waals surface area contributed by atoms with Gasteiger partial charge in [-0.05, 0) is 26.3 Å². The van der Waals surface area contributed by atoms with E-state index in [0.29, 0.717) is 0 Å². The highest BCUT2D eigenvalue weighted by Crippen LogP contribution is 1.92. The molecule has 1 nitrogen and oxygen atoms in total. The van der Waals surface area contributed by atoms with E-state index in [9.17, 15) is 4.79 Å². The second-order valence-electron chi connectivity index (χ2n) is 2.27. The van der Waals surface area contributed by atoms with Gasteiger partial charge in [0.25, 0.3) is 0 Å². The van der Waals surface area contributed by atoms with E-state index in [1.165, 1.54) is 5.57 Å². The lowest BCUT2D eigenvalue weighted by molar-refractivity contribution is -0.104. The summed E-state index contributed by atoms with van der Waals surface area (Å²) in [6.45, 7) is 5.77. The Hall–Kier alpha value is -0.850. The number of allylic oxidation sites excluding steroid dienone is 4. The van der Waals surface area contributed by atoms with Gasteiger partial charge >= 0.3 is 0 Å². The lowest BCUT2D eigenvalue weighted by Gasteiger charge is -1.83. The number of aldehydes is 1. The molecule has 0 aliphatic rings. The van der Waals surface area contributed by atoms with Crippen molar-refractivity contribution in [1.29, 1.82) is 0 Å². The van der Waals surface area contributed by atoms with Gasteiger partial charge in [0, 0.05) is 0 Å². The fraction of sp³-hybridized carbons (Fsp3) is 0.375. The summed E-state index contributed by atoms with van der Waals surface area (Å²) in [5.41, 5.74) is 1.97. The summed E-state index contributed by atoms with van der Waals surface area (Å²) >= 11 is 0. The maximum atomic E-state index is 10.0. The second-order valence-corrected chi connectivity index (χ2v) is 2.27. The molecule has 0 heterocycles. The molecule has 1 heteroatoms. The zero-order valence-corrected chi connectivity index (χ0v) is 6.14. The van der Waals surface area contributed by atoms with Crippen LogP contribution in [0.15, 0.2) is 23.3 Å². The monoisotopic (exact) mass is 124 g/mol. The Bertz CT molecular complexity index is 148. The molecular weight excluding hydrogens is 112 g/mol. The van der Waals surface area contributed by atoms with Crippen molar-refractivity contribution >= 4 is 6.29 Å². The molecule has 0 bridgehead atoms. The highest BCUT2D eigenvalue weighted by molar-refractivity contribution is 5.72. The van der Waals surface area contributed by atoms with Crippen molar-refractivity contribution < 1.29 is 4.79 Å². The van der Waals surface area contributed by atoms with Crippen molar-refractivity contribution in [3.8, 4) is 0 Å². The maximum Gasteiger partial charge on any atom is 0.145 e. The molecule has 9 heavy (non-hydrogen) atoms. The van der Waals surface area contributed by atoms with E-state index in [0.717, 1.165) is 11.9 Å². The molecule has 0 N–H and O–H groups in total. The second kappa shape index (κ2) is 4.07. The summed E-state index contributed by atoms with van der Waals surface area (Å²) in [7, 11) is 0. The van der Waals surface area contributed by atoms with Gasteiger partial charge in [-0.15, -0.1) is 0 Å². The molecular formula is C8H12O. The minimum atomic E-state index is 0.760. The molecule has 0 aliphatic carbocycles. The third-order valence-corrected chi connectivity index (χ3v) is 0.865. The average Bonchev–Trinajstić information content (AvgIpc) is 1.83. The van der Waals surface area contributed by atoms with Gasteiger partial charge in [0.2, 0.25) is 0 Å². The van der Waals surface area contributed by atoms with Crippen molar-refractivity contribution in [1.82, 2.24) is 0 Å². The van der Waals surface area contributed by atoms with Crippen LogP contribution in [0.25, 0.3) is 0 Å². The lowest BCUT2D eigenvalue weighted by Crippen LogP contribution is -1.72. The Morgan fingerprint density at radius 1 is 1.11 bits per heavy atom. The predicted octanol–water partition coefficient (Wildman–Crippen LogP) is 2.10. The molecule has 0 radical (unpaired) electrons. The molecule has 0 aromatic carbocycles.